The molecular weight excluding hydrogens is 427 g/mol. The lowest BCUT2D eigenvalue weighted by atomic mass is 10.1. The number of carbonyl (C=O) groups excluding carboxylic acids is 2. The van der Waals surface area contributed by atoms with Gasteiger partial charge in [0.2, 0.25) is 11.8 Å². The molecule has 0 unspecified atom stereocenters. The van der Waals surface area contributed by atoms with E-state index in [1.165, 1.54) is 13.0 Å². The number of halogens is 2. The minimum atomic E-state index is -0.478. The fourth-order valence-corrected chi connectivity index (χ4v) is 3.10. The number of aromatic nitrogens is 2. The largest absolute Gasteiger partial charge is 0.326 e. The third kappa shape index (κ3) is 5.06. The van der Waals surface area contributed by atoms with Crippen LogP contribution in [0.2, 0.25) is 10.0 Å². The second kappa shape index (κ2) is 9.11. The van der Waals surface area contributed by atoms with Crippen LogP contribution in [0.1, 0.15) is 12.5 Å². The lowest BCUT2D eigenvalue weighted by molar-refractivity contribution is -0.117. The smallest absolute Gasteiger partial charge is 0.267 e. The van der Waals surface area contributed by atoms with Crippen molar-refractivity contribution in [1.29, 1.82) is 0 Å². The third-order valence-corrected chi connectivity index (χ3v) is 5.05. The molecule has 1 heterocycles. The molecule has 0 fully saturated rings. The van der Waals surface area contributed by atoms with E-state index in [4.69, 9.17) is 23.2 Å². The average molecular weight is 445 g/mol. The number of anilines is 2. The lowest BCUT2D eigenvalue weighted by Crippen LogP contribution is -2.29. The van der Waals surface area contributed by atoms with E-state index in [1.807, 2.05) is 19.1 Å². The Morgan fingerprint density at radius 2 is 1.80 bits per heavy atom. The Morgan fingerprint density at radius 3 is 2.53 bits per heavy atom. The second-order valence-electron chi connectivity index (χ2n) is 6.57. The van der Waals surface area contributed by atoms with Crippen molar-refractivity contribution in [2.24, 2.45) is 0 Å². The number of amides is 2. The molecule has 0 spiro atoms. The molecule has 30 heavy (non-hydrogen) atoms. The zero-order chi connectivity index (χ0) is 21.8. The minimum absolute atomic E-state index is 0.190. The molecule has 0 saturated heterocycles. The Hall–Kier alpha value is -3.16. The van der Waals surface area contributed by atoms with Crippen LogP contribution < -0.4 is 16.2 Å². The van der Waals surface area contributed by atoms with E-state index in [2.05, 4.69) is 15.7 Å². The van der Waals surface area contributed by atoms with Gasteiger partial charge < -0.3 is 10.6 Å². The van der Waals surface area contributed by atoms with Crippen LogP contribution in [0.4, 0.5) is 11.4 Å². The Morgan fingerprint density at radius 1 is 1.03 bits per heavy atom. The van der Waals surface area contributed by atoms with Gasteiger partial charge in [0.1, 0.15) is 6.54 Å². The van der Waals surface area contributed by atoms with Gasteiger partial charge in [-0.05, 0) is 36.8 Å². The highest BCUT2D eigenvalue weighted by Crippen LogP contribution is 2.29. The van der Waals surface area contributed by atoms with Gasteiger partial charge in [-0.25, -0.2) is 4.68 Å². The zero-order valence-electron chi connectivity index (χ0n) is 16.2. The van der Waals surface area contributed by atoms with Gasteiger partial charge in [0.05, 0.1) is 21.4 Å². The molecule has 3 aromatic rings. The lowest BCUT2D eigenvalue weighted by Gasteiger charge is -2.11. The summed E-state index contributed by atoms with van der Waals surface area (Å²) in [6.07, 6.45) is 0. The van der Waals surface area contributed by atoms with Gasteiger partial charge >= 0.3 is 0 Å². The fraction of sp³-hybridized carbons (Fsp3) is 0.143. The summed E-state index contributed by atoms with van der Waals surface area (Å²) in [5.74, 6) is -0.668. The van der Waals surface area contributed by atoms with E-state index >= 15 is 0 Å². The van der Waals surface area contributed by atoms with Gasteiger partial charge in [-0.3, -0.25) is 14.4 Å². The van der Waals surface area contributed by atoms with Crippen molar-refractivity contribution < 1.29 is 9.59 Å². The number of nitrogens with one attached hydrogen (secondary N) is 2. The molecule has 0 bridgehead atoms. The molecule has 0 radical (unpaired) electrons. The molecule has 7 nitrogen and oxygen atoms in total. The Balaban J connectivity index is 1.85. The van der Waals surface area contributed by atoms with Gasteiger partial charge in [0.25, 0.3) is 5.56 Å². The average Bonchev–Trinajstić information content (AvgIpc) is 2.68. The van der Waals surface area contributed by atoms with Gasteiger partial charge in [0, 0.05) is 24.2 Å². The van der Waals surface area contributed by atoms with Crippen LogP contribution in [0.25, 0.3) is 11.3 Å². The molecule has 0 aliphatic rings. The van der Waals surface area contributed by atoms with E-state index < -0.39 is 11.5 Å². The Bertz CT molecular complexity index is 1190. The quantitative estimate of drug-likeness (QED) is 0.618. The highest BCUT2D eigenvalue weighted by atomic mass is 35.5. The maximum Gasteiger partial charge on any atom is 0.267 e. The summed E-state index contributed by atoms with van der Waals surface area (Å²) in [6, 6.07) is 13.2. The summed E-state index contributed by atoms with van der Waals surface area (Å²) in [7, 11) is 0. The number of hydrogen-bond donors (Lipinski definition) is 2. The maximum atomic E-state index is 12.4. The van der Waals surface area contributed by atoms with Crippen LogP contribution in [0.15, 0.2) is 53.3 Å². The molecule has 0 saturated carbocycles. The Kier molecular flexibility index (Phi) is 6.54. The first-order chi connectivity index (χ1) is 14.2. The molecule has 0 aliphatic heterocycles. The minimum Gasteiger partial charge on any atom is -0.326 e. The van der Waals surface area contributed by atoms with Crippen LogP contribution in [0.3, 0.4) is 0 Å². The van der Waals surface area contributed by atoms with Gasteiger partial charge in [-0.1, -0.05) is 41.4 Å². The monoisotopic (exact) mass is 444 g/mol. The summed E-state index contributed by atoms with van der Waals surface area (Å²) in [5.41, 5.74) is 2.62. The van der Waals surface area contributed by atoms with Crippen molar-refractivity contribution in [2.45, 2.75) is 20.4 Å². The third-order valence-electron chi connectivity index (χ3n) is 4.23. The van der Waals surface area contributed by atoms with Crippen LogP contribution in [0, 0.1) is 6.92 Å². The molecule has 1 aromatic heterocycles. The summed E-state index contributed by atoms with van der Waals surface area (Å²) in [5, 5.41) is 10.2. The van der Waals surface area contributed by atoms with Crippen molar-refractivity contribution in [3.63, 3.8) is 0 Å². The second-order valence-corrected chi connectivity index (χ2v) is 7.36. The summed E-state index contributed by atoms with van der Waals surface area (Å²) in [6.45, 7) is 2.99. The van der Waals surface area contributed by atoms with Crippen LogP contribution >= 0.6 is 23.2 Å². The normalized spacial score (nSPS) is 10.5. The first-order valence-electron chi connectivity index (χ1n) is 8.95. The number of hydrogen-bond acceptors (Lipinski definition) is 4. The highest BCUT2D eigenvalue weighted by molar-refractivity contribution is 6.43. The molecule has 2 amide bonds. The number of carbonyl (C=O) groups is 2. The van der Waals surface area contributed by atoms with Crippen molar-refractivity contribution in [3.05, 3.63) is 74.5 Å². The predicted molar refractivity (Wildman–Crippen MR) is 118 cm³/mol. The molecule has 9 heteroatoms. The maximum absolute atomic E-state index is 12.4. The van der Waals surface area contributed by atoms with E-state index in [0.29, 0.717) is 27.7 Å². The predicted octanol–water partition coefficient (Wildman–Crippen LogP) is 4.12. The first-order valence-corrected chi connectivity index (χ1v) is 9.71. The van der Waals surface area contributed by atoms with Crippen molar-refractivity contribution in [1.82, 2.24) is 9.78 Å². The van der Waals surface area contributed by atoms with Crippen LogP contribution in [-0.4, -0.2) is 21.6 Å². The van der Waals surface area contributed by atoms with Gasteiger partial charge in [-0.15, -0.1) is 0 Å². The van der Waals surface area contributed by atoms with Crippen LogP contribution in [-0.2, 0) is 16.1 Å². The topological polar surface area (TPSA) is 93.1 Å². The SMILES string of the molecule is CC(=O)Nc1cc(-c2ccc(=O)n(CC(=O)Nc3cccc(Cl)c3Cl)n2)ccc1C. The molecule has 2 N–H and O–H groups in total. The van der Waals surface area contributed by atoms with Gasteiger partial charge in [0.15, 0.2) is 0 Å². The highest BCUT2D eigenvalue weighted by Gasteiger charge is 2.12. The standard InChI is InChI=1S/C21H18Cl2N4O3/c1-12-6-7-14(10-18(12)24-13(2)28)16-8-9-20(30)27(26-16)11-19(29)25-17-5-3-4-15(22)21(17)23/h3-10H,11H2,1-2H3,(H,24,28)(H,25,29). The van der Waals surface area contributed by atoms with Gasteiger partial charge in [-0.2, -0.15) is 5.10 Å². The molecule has 154 valence electrons. The van der Waals surface area contributed by atoms with E-state index in [9.17, 15) is 14.4 Å². The van der Waals surface area contributed by atoms with E-state index in [0.717, 1.165) is 10.2 Å². The number of rotatable bonds is 5. The molecular formula is C21H18Cl2N4O3. The molecule has 2 aromatic carbocycles. The molecule has 3 rings (SSSR count). The fourth-order valence-electron chi connectivity index (χ4n) is 2.75. The first kappa shape index (κ1) is 21.5. The molecule has 0 atom stereocenters. The number of benzene rings is 2. The van der Waals surface area contributed by atoms with Crippen molar-refractivity contribution in [2.75, 3.05) is 10.6 Å². The van der Waals surface area contributed by atoms with E-state index in [-0.39, 0.29) is 17.5 Å². The van der Waals surface area contributed by atoms with E-state index in [1.54, 1.807) is 30.3 Å². The number of nitrogens with zero attached hydrogens (tertiary/aromatic N) is 2. The summed E-state index contributed by atoms with van der Waals surface area (Å²) < 4.78 is 1.06. The number of aryl methyl sites for hydroxylation is 1. The summed E-state index contributed by atoms with van der Waals surface area (Å²) >= 11 is 12.0. The molecule has 0 aliphatic carbocycles. The summed E-state index contributed by atoms with van der Waals surface area (Å²) in [4.78, 5) is 36.0. The van der Waals surface area contributed by atoms with Crippen molar-refractivity contribution in [3.8, 4) is 11.3 Å². The van der Waals surface area contributed by atoms with Crippen molar-refractivity contribution >= 4 is 46.4 Å². The zero-order valence-corrected chi connectivity index (χ0v) is 17.7. The van der Waals surface area contributed by atoms with Crippen LogP contribution in [0.5, 0.6) is 0 Å². The Labute approximate surface area is 182 Å².